The minimum atomic E-state index is -1.34. The van der Waals surface area contributed by atoms with Crippen molar-refractivity contribution >= 4 is 28.5 Å². The summed E-state index contributed by atoms with van der Waals surface area (Å²) < 4.78 is 12.9. The third-order valence-corrected chi connectivity index (χ3v) is 3.43. The normalized spacial score (nSPS) is 11.5. The fraction of sp³-hybridized carbons (Fsp3) is 0. The highest BCUT2D eigenvalue weighted by Crippen LogP contribution is 2.17. The molecule has 126 valence electrons. The van der Waals surface area contributed by atoms with E-state index in [0.29, 0.717) is 16.7 Å². The highest BCUT2D eigenvalue weighted by Gasteiger charge is 2.12. The molecule has 0 aliphatic rings. The highest BCUT2D eigenvalue weighted by atomic mass is 19.1. The summed E-state index contributed by atoms with van der Waals surface area (Å²) in [6.45, 7) is 0. The second-order valence-electron chi connectivity index (χ2n) is 5.20. The Kier molecular flexibility index (Phi) is 4.17. The van der Waals surface area contributed by atoms with Gasteiger partial charge in [0.1, 0.15) is 11.5 Å². The van der Waals surface area contributed by atoms with Gasteiger partial charge < -0.3 is 20.4 Å². The van der Waals surface area contributed by atoms with Gasteiger partial charge in [0.05, 0.1) is 11.0 Å². The van der Waals surface area contributed by atoms with E-state index in [0.717, 1.165) is 18.2 Å². The molecule has 25 heavy (non-hydrogen) atoms. The molecule has 1 aromatic heterocycles. The first-order valence-corrected chi connectivity index (χ1v) is 7.16. The zero-order valence-corrected chi connectivity index (χ0v) is 12.7. The van der Waals surface area contributed by atoms with Gasteiger partial charge in [-0.3, -0.25) is 4.79 Å². The summed E-state index contributed by atoms with van der Waals surface area (Å²) in [4.78, 5) is 39.9. The van der Waals surface area contributed by atoms with Crippen molar-refractivity contribution in [2.75, 3.05) is 5.32 Å². The molecule has 4 N–H and O–H groups in total. The predicted molar refractivity (Wildman–Crippen MR) is 89.0 cm³/mol. The molecule has 8 heteroatoms. The first kappa shape index (κ1) is 16.2. The third-order valence-electron chi connectivity index (χ3n) is 3.43. The van der Waals surface area contributed by atoms with Crippen molar-refractivity contribution in [3.8, 4) is 0 Å². The number of aliphatic carboxylic acids is 1. The van der Waals surface area contributed by atoms with Gasteiger partial charge in [0.15, 0.2) is 5.78 Å². The lowest BCUT2D eigenvalue weighted by Crippen LogP contribution is -2.13. The number of rotatable bonds is 5. The smallest absolute Gasteiger partial charge is 0.352 e. The molecule has 0 saturated heterocycles. The SMILES string of the molecule is O=C(O)/C(=C/C(=O)c1ccc(F)cc1)Nc1ccc2[nH]c(=O)[nH]c2c1. The molecule has 0 spiro atoms. The van der Waals surface area contributed by atoms with Crippen LogP contribution in [-0.2, 0) is 4.79 Å². The average molecular weight is 341 g/mol. The van der Waals surface area contributed by atoms with E-state index in [-0.39, 0.29) is 17.0 Å². The summed E-state index contributed by atoms with van der Waals surface area (Å²) >= 11 is 0. The number of imidazole rings is 1. The molecule has 0 fully saturated rings. The summed E-state index contributed by atoms with van der Waals surface area (Å²) in [6, 6.07) is 9.46. The number of hydrogen-bond donors (Lipinski definition) is 4. The Hall–Kier alpha value is -3.68. The summed E-state index contributed by atoms with van der Waals surface area (Å²) in [7, 11) is 0. The highest BCUT2D eigenvalue weighted by molar-refractivity contribution is 6.09. The minimum Gasteiger partial charge on any atom is -0.477 e. The lowest BCUT2D eigenvalue weighted by Gasteiger charge is -2.07. The van der Waals surface area contributed by atoms with Crippen LogP contribution >= 0.6 is 0 Å². The molecule has 0 radical (unpaired) electrons. The molecule has 7 nitrogen and oxygen atoms in total. The van der Waals surface area contributed by atoms with Gasteiger partial charge in [-0.05, 0) is 42.5 Å². The lowest BCUT2D eigenvalue weighted by molar-refractivity contribution is -0.132. The molecular formula is C17H12FN3O4. The van der Waals surface area contributed by atoms with E-state index in [9.17, 15) is 23.9 Å². The fourth-order valence-corrected chi connectivity index (χ4v) is 2.25. The molecule has 3 rings (SSSR count). The first-order chi connectivity index (χ1) is 11.9. The number of benzene rings is 2. The van der Waals surface area contributed by atoms with Crippen molar-refractivity contribution in [2.45, 2.75) is 0 Å². The monoisotopic (exact) mass is 341 g/mol. The zero-order chi connectivity index (χ0) is 18.0. The Balaban J connectivity index is 1.89. The predicted octanol–water partition coefficient (Wildman–Crippen LogP) is 2.26. The maximum Gasteiger partial charge on any atom is 0.352 e. The van der Waals surface area contributed by atoms with E-state index in [1.807, 2.05) is 0 Å². The molecule has 0 aliphatic heterocycles. The summed E-state index contributed by atoms with van der Waals surface area (Å²) in [5.41, 5.74) is 0.860. The van der Waals surface area contributed by atoms with E-state index in [1.54, 1.807) is 12.1 Å². The molecule has 2 aromatic carbocycles. The number of carbonyl (C=O) groups is 2. The van der Waals surface area contributed by atoms with Crippen LogP contribution in [0.5, 0.6) is 0 Å². The second kappa shape index (κ2) is 6.44. The Bertz CT molecular complexity index is 1050. The Labute approximate surface area is 139 Å². The number of halogens is 1. The number of carboxylic acids is 1. The maximum atomic E-state index is 12.9. The minimum absolute atomic E-state index is 0.160. The van der Waals surface area contributed by atoms with Crippen LogP contribution in [0.1, 0.15) is 10.4 Å². The van der Waals surface area contributed by atoms with Crippen LogP contribution in [0.25, 0.3) is 11.0 Å². The number of aromatic amines is 2. The number of nitrogens with one attached hydrogen (secondary N) is 3. The van der Waals surface area contributed by atoms with Crippen molar-refractivity contribution < 1.29 is 19.1 Å². The summed E-state index contributed by atoms with van der Waals surface area (Å²) in [5, 5.41) is 11.9. The topological polar surface area (TPSA) is 115 Å². The van der Waals surface area contributed by atoms with Crippen molar-refractivity contribution in [1.29, 1.82) is 0 Å². The number of anilines is 1. The fourth-order valence-electron chi connectivity index (χ4n) is 2.25. The number of fused-ring (bicyclic) bond motifs is 1. The Morgan fingerprint density at radius 2 is 1.72 bits per heavy atom. The van der Waals surface area contributed by atoms with E-state index in [2.05, 4.69) is 15.3 Å². The van der Waals surface area contributed by atoms with E-state index < -0.39 is 17.6 Å². The molecule has 0 saturated carbocycles. The number of ketones is 1. The first-order valence-electron chi connectivity index (χ1n) is 7.16. The third kappa shape index (κ3) is 3.63. The van der Waals surface area contributed by atoms with Gasteiger partial charge in [0.25, 0.3) is 0 Å². The van der Waals surface area contributed by atoms with Gasteiger partial charge in [-0.2, -0.15) is 0 Å². The second-order valence-corrected chi connectivity index (χ2v) is 5.20. The molecule has 0 unspecified atom stereocenters. The van der Waals surface area contributed by atoms with Crippen LogP contribution in [0.15, 0.2) is 59.0 Å². The number of allylic oxidation sites excluding steroid dienone is 1. The molecule has 0 aliphatic carbocycles. The van der Waals surface area contributed by atoms with Crippen LogP contribution in [0.2, 0.25) is 0 Å². The van der Waals surface area contributed by atoms with Gasteiger partial charge in [-0.15, -0.1) is 0 Å². The van der Waals surface area contributed by atoms with Crippen molar-refractivity contribution in [2.24, 2.45) is 0 Å². The lowest BCUT2D eigenvalue weighted by atomic mass is 10.1. The van der Waals surface area contributed by atoms with Gasteiger partial charge in [0, 0.05) is 17.3 Å². The number of carbonyl (C=O) groups excluding carboxylic acids is 1. The van der Waals surface area contributed by atoms with Crippen molar-refractivity contribution in [3.63, 3.8) is 0 Å². The molecule has 0 bridgehead atoms. The summed E-state index contributed by atoms with van der Waals surface area (Å²) in [6.07, 6.45) is 0.916. The average Bonchev–Trinajstić information content (AvgIpc) is 2.94. The van der Waals surface area contributed by atoms with Crippen LogP contribution in [0, 0.1) is 5.82 Å². The standard InChI is InChI=1S/C17H12FN3O4/c18-10-3-1-9(2-4-10)15(22)8-14(16(23)24)19-11-5-6-12-13(7-11)21-17(25)20-12/h1-8,19H,(H,23,24)(H2,20,21,25)/b14-8-. The van der Waals surface area contributed by atoms with Gasteiger partial charge in [-0.1, -0.05) is 0 Å². The van der Waals surface area contributed by atoms with Crippen LogP contribution in [0.3, 0.4) is 0 Å². The molecule has 1 heterocycles. The quantitative estimate of drug-likeness (QED) is 0.420. The molecule has 3 aromatic rings. The summed E-state index contributed by atoms with van der Waals surface area (Å²) in [5.74, 6) is -2.41. The zero-order valence-electron chi connectivity index (χ0n) is 12.7. The van der Waals surface area contributed by atoms with Gasteiger partial charge >= 0.3 is 11.7 Å². The van der Waals surface area contributed by atoms with Gasteiger partial charge in [-0.25, -0.2) is 14.0 Å². The molecular weight excluding hydrogens is 329 g/mol. The van der Waals surface area contributed by atoms with E-state index in [1.165, 1.54) is 18.2 Å². The maximum absolute atomic E-state index is 12.9. The van der Waals surface area contributed by atoms with Crippen LogP contribution < -0.4 is 11.0 Å². The number of carboxylic acid groups (broad SMARTS) is 1. The van der Waals surface area contributed by atoms with Gasteiger partial charge in [0.2, 0.25) is 0 Å². The number of H-pyrrole nitrogens is 2. The molecule has 0 atom stereocenters. The van der Waals surface area contributed by atoms with E-state index >= 15 is 0 Å². The van der Waals surface area contributed by atoms with E-state index in [4.69, 9.17) is 0 Å². The van der Waals surface area contributed by atoms with Crippen molar-refractivity contribution in [1.82, 2.24) is 9.97 Å². The number of hydrogen-bond acceptors (Lipinski definition) is 4. The largest absolute Gasteiger partial charge is 0.477 e. The Morgan fingerprint density at radius 3 is 2.40 bits per heavy atom. The van der Waals surface area contributed by atoms with Crippen molar-refractivity contribution in [3.05, 3.63) is 76.1 Å². The van der Waals surface area contributed by atoms with Crippen LogP contribution in [0.4, 0.5) is 10.1 Å². The Morgan fingerprint density at radius 1 is 1.04 bits per heavy atom. The molecule has 0 amide bonds. The van der Waals surface area contributed by atoms with Crippen LogP contribution in [-0.4, -0.2) is 26.8 Å². The number of aromatic nitrogens is 2.